The number of rotatable bonds is 1. The van der Waals surface area contributed by atoms with Gasteiger partial charge in [-0.05, 0) is 25.5 Å². The van der Waals surface area contributed by atoms with Crippen molar-refractivity contribution in [1.82, 2.24) is 4.98 Å². The Labute approximate surface area is 74.4 Å². The van der Waals surface area contributed by atoms with E-state index in [-0.39, 0.29) is 10.7 Å². The van der Waals surface area contributed by atoms with Gasteiger partial charge in [-0.3, -0.25) is 4.98 Å². The first-order chi connectivity index (χ1) is 5.52. The lowest BCUT2D eigenvalue weighted by Gasteiger charge is -2.05. The van der Waals surface area contributed by atoms with E-state index in [1.807, 2.05) is 0 Å². The van der Waals surface area contributed by atoms with Gasteiger partial charge in [0.1, 0.15) is 5.69 Å². The lowest BCUT2D eigenvalue weighted by molar-refractivity contribution is 0.146. The first-order valence-electron chi connectivity index (χ1n) is 3.44. The quantitative estimate of drug-likeness (QED) is 0.664. The van der Waals surface area contributed by atoms with Crippen molar-refractivity contribution in [3.63, 3.8) is 0 Å². The molecule has 0 N–H and O–H groups in total. The third-order valence-electron chi connectivity index (χ3n) is 1.65. The zero-order valence-corrected chi connectivity index (χ0v) is 7.49. The highest BCUT2D eigenvalue weighted by atomic mass is 35.5. The summed E-state index contributed by atoms with van der Waals surface area (Å²) in [7, 11) is 0. The van der Waals surface area contributed by atoms with Crippen LogP contribution in [0.25, 0.3) is 0 Å². The van der Waals surface area contributed by atoms with Crippen LogP contribution in [0, 0.1) is 13.8 Å². The summed E-state index contributed by atoms with van der Waals surface area (Å²) >= 11 is 5.55. The van der Waals surface area contributed by atoms with Crippen molar-refractivity contribution in [2.45, 2.75) is 20.3 Å². The van der Waals surface area contributed by atoms with Crippen molar-refractivity contribution in [2.75, 3.05) is 0 Å². The molecular formula is C8H8ClF2N. The van der Waals surface area contributed by atoms with Crippen LogP contribution in [0.3, 0.4) is 0 Å². The molecule has 0 bridgehead atoms. The van der Waals surface area contributed by atoms with Crippen molar-refractivity contribution in [1.29, 1.82) is 0 Å². The Morgan fingerprint density at radius 2 is 2.00 bits per heavy atom. The third kappa shape index (κ3) is 1.72. The molecule has 0 aliphatic rings. The van der Waals surface area contributed by atoms with Gasteiger partial charge >= 0.3 is 0 Å². The Balaban J connectivity index is 3.23. The summed E-state index contributed by atoms with van der Waals surface area (Å²) in [6.07, 6.45) is -2.60. The molecule has 0 unspecified atom stereocenters. The van der Waals surface area contributed by atoms with Gasteiger partial charge in [-0.25, -0.2) is 8.78 Å². The van der Waals surface area contributed by atoms with E-state index >= 15 is 0 Å². The summed E-state index contributed by atoms with van der Waals surface area (Å²) in [4.78, 5) is 3.69. The van der Waals surface area contributed by atoms with Crippen LogP contribution in [-0.4, -0.2) is 4.98 Å². The fourth-order valence-electron chi connectivity index (χ4n) is 0.844. The summed E-state index contributed by atoms with van der Waals surface area (Å²) in [5, 5.41) is 0.0353. The molecule has 0 spiro atoms. The molecule has 1 aromatic heterocycles. The van der Waals surface area contributed by atoms with Gasteiger partial charge in [-0.1, -0.05) is 11.6 Å². The maximum Gasteiger partial charge on any atom is 0.281 e. The Morgan fingerprint density at radius 1 is 1.42 bits per heavy atom. The van der Waals surface area contributed by atoms with Crippen LogP contribution in [-0.2, 0) is 0 Å². The highest BCUT2D eigenvalue weighted by Gasteiger charge is 2.14. The second-order valence-corrected chi connectivity index (χ2v) is 2.97. The number of aryl methyl sites for hydroxylation is 2. The molecule has 12 heavy (non-hydrogen) atoms. The predicted molar refractivity (Wildman–Crippen MR) is 43.7 cm³/mol. The highest BCUT2D eigenvalue weighted by Crippen LogP contribution is 2.26. The molecule has 0 atom stereocenters. The average Bonchev–Trinajstić information content (AvgIpc) is 1.96. The fraction of sp³-hybridized carbons (Fsp3) is 0.375. The Bertz CT molecular complexity index is 299. The Morgan fingerprint density at radius 3 is 2.50 bits per heavy atom. The lowest BCUT2D eigenvalue weighted by Crippen LogP contribution is -1.96. The maximum absolute atomic E-state index is 12.2. The highest BCUT2D eigenvalue weighted by molar-refractivity contribution is 6.31. The molecule has 1 rings (SSSR count). The van der Waals surface area contributed by atoms with Gasteiger partial charge in [-0.2, -0.15) is 0 Å². The van der Waals surface area contributed by atoms with Gasteiger partial charge in [0, 0.05) is 5.69 Å². The van der Waals surface area contributed by atoms with E-state index in [1.165, 1.54) is 6.07 Å². The monoisotopic (exact) mass is 191 g/mol. The van der Waals surface area contributed by atoms with Gasteiger partial charge in [0.15, 0.2) is 0 Å². The van der Waals surface area contributed by atoms with Crippen molar-refractivity contribution in [2.24, 2.45) is 0 Å². The number of hydrogen-bond donors (Lipinski definition) is 0. The van der Waals surface area contributed by atoms with Crippen molar-refractivity contribution < 1.29 is 8.78 Å². The Hall–Kier alpha value is -0.700. The zero-order chi connectivity index (χ0) is 9.30. The van der Waals surface area contributed by atoms with Gasteiger partial charge in [-0.15, -0.1) is 0 Å². The first kappa shape index (κ1) is 9.39. The number of alkyl halides is 2. The van der Waals surface area contributed by atoms with E-state index in [2.05, 4.69) is 4.98 Å². The largest absolute Gasteiger partial charge is 0.281 e. The summed E-state index contributed by atoms with van der Waals surface area (Å²) in [6.45, 7) is 3.46. The van der Waals surface area contributed by atoms with Crippen LogP contribution < -0.4 is 0 Å². The van der Waals surface area contributed by atoms with Crippen molar-refractivity contribution in [3.05, 3.63) is 28.0 Å². The minimum absolute atomic E-state index is 0.0353. The molecule has 1 aromatic rings. The summed E-state index contributed by atoms with van der Waals surface area (Å²) in [5.74, 6) is 0. The van der Waals surface area contributed by atoms with Crippen LogP contribution in [0.5, 0.6) is 0 Å². The lowest BCUT2D eigenvalue weighted by atomic mass is 10.2. The molecule has 1 heterocycles. The molecule has 0 aliphatic carbocycles. The average molecular weight is 192 g/mol. The summed E-state index contributed by atoms with van der Waals surface area (Å²) < 4.78 is 24.4. The molecule has 4 heteroatoms. The van der Waals surface area contributed by atoms with E-state index in [9.17, 15) is 8.78 Å². The minimum Gasteiger partial charge on any atom is -0.250 e. The predicted octanol–water partition coefficient (Wildman–Crippen LogP) is 3.29. The SMILES string of the molecule is Cc1cc(Cl)c(C(F)F)nc1C. The molecular weight excluding hydrogens is 184 g/mol. The van der Waals surface area contributed by atoms with Crippen LogP contribution >= 0.6 is 11.6 Å². The first-order valence-corrected chi connectivity index (χ1v) is 3.82. The molecule has 66 valence electrons. The third-order valence-corrected chi connectivity index (χ3v) is 1.96. The van der Waals surface area contributed by atoms with Gasteiger partial charge in [0.05, 0.1) is 5.02 Å². The molecule has 0 fully saturated rings. The zero-order valence-electron chi connectivity index (χ0n) is 6.74. The fourth-order valence-corrected chi connectivity index (χ4v) is 1.13. The van der Waals surface area contributed by atoms with Crippen LogP contribution in [0.2, 0.25) is 5.02 Å². The second-order valence-electron chi connectivity index (χ2n) is 2.56. The van der Waals surface area contributed by atoms with E-state index in [0.717, 1.165) is 5.56 Å². The number of nitrogens with zero attached hydrogens (tertiary/aromatic N) is 1. The molecule has 0 saturated heterocycles. The number of pyridine rings is 1. The molecule has 1 nitrogen and oxygen atoms in total. The van der Waals surface area contributed by atoms with Crippen LogP contribution in [0.1, 0.15) is 23.4 Å². The Kier molecular flexibility index (Phi) is 2.62. The maximum atomic E-state index is 12.2. The van der Waals surface area contributed by atoms with E-state index < -0.39 is 6.43 Å². The van der Waals surface area contributed by atoms with E-state index in [1.54, 1.807) is 13.8 Å². The van der Waals surface area contributed by atoms with Crippen molar-refractivity contribution in [3.8, 4) is 0 Å². The second kappa shape index (κ2) is 3.35. The molecule has 0 amide bonds. The van der Waals surface area contributed by atoms with Gasteiger partial charge in [0.25, 0.3) is 6.43 Å². The molecule has 0 radical (unpaired) electrons. The number of aromatic nitrogens is 1. The van der Waals surface area contributed by atoms with Gasteiger partial charge in [0.2, 0.25) is 0 Å². The topological polar surface area (TPSA) is 12.9 Å². The van der Waals surface area contributed by atoms with Crippen LogP contribution in [0.4, 0.5) is 8.78 Å². The van der Waals surface area contributed by atoms with E-state index in [0.29, 0.717) is 5.69 Å². The normalized spacial score (nSPS) is 10.8. The summed E-state index contributed by atoms with van der Waals surface area (Å²) in [5.41, 5.74) is 1.08. The van der Waals surface area contributed by atoms with Crippen molar-refractivity contribution >= 4 is 11.6 Å². The smallest absolute Gasteiger partial charge is 0.250 e. The standard InChI is InChI=1S/C8H8ClF2N/c1-4-3-6(9)7(8(10)11)12-5(4)2/h3,8H,1-2H3. The van der Waals surface area contributed by atoms with E-state index in [4.69, 9.17) is 11.6 Å². The molecule has 0 aromatic carbocycles. The number of hydrogen-bond acceptors (Lipinski definition) is 1. The summed E-state index contributed by atoms with van der Waals surface area (Å²) in [6, 6.07) is 1.51. The number of halogens is 3. The van der Waals surface area contributed by atoms with Crippen LogP contribution in [0.15, 0.2) is 6.07 Å². The molecule has 0 aliphatic heterocycles. The molecule has 0 saturated carbocycles. The van der Waals surface area contributed by atoms with Gasteiger partial charge < -0.3 is 0 Å². The minimum atomic E-state index is -2.60.